The first-order valence-electron chi connectivity index (χ1n) is 7.79. The van der Waals surface area contributed by atoms with Gasteiger partial charge in [0.25, 0.3) is 5.91 Å². The summed E-state index contributed by atoms with van der Waals surface area (Å²) >= 11 is 1.48. The van der Waals surface area contributed by atoms with Crippen molar-refractivity contribution in [1.82, 2.24) is 4.98 Å². The van der Waals surface area contributed by atoms with E-state index < -0.39 is 10.8 Å². The average molecular weight is 370 g/mol. The highest BCUT2D eigenvalue weighted by atomic mass is 32.2. The van der Waals surface area contributed by atoms with Gasteiger partial charge in [0.2, 0.25) is 0 Å². The molecule has 1 unspecified atom stereocenters. The molecule has 0 saturated carbocycles. The number of benzene rings is 2. The predicted molar refractivity (Wildman–Crippen MR) is 104 cm³/mol. The molecule has 2 aromatic carbocycles. The fourth-order valence-corrected chi connectivity index (χ4v) is 3.89. The first-order valence-corrected chi connectivity index (χ1v) is 10.4. The molecule has 3 aromatic rings. The van der Waals surface area contributed by atoms with Crippen LogP contribution in [0, 0.1) is 0 Å². The number of anilines is 1. The number of carbonyl (C=O) groups is 1. The van der Waals surface area contributed by atoms with Crippen LogP contribution in [0.2, 0.25) is 0 Å². The second-order valence-corrected chi connectivity index (χ2v) is 8.04. The molecular weight excluding hydrogens is 352 g/mol. The molecule has 0 spiro atoms. The van der Waals surface area contributed by atoms with E-state index in [0.717, 1.165) is 17.0 Å². The zero-order chi connectivity index (χ0) is 17.6. The van der Waals surface area contributed by atoms with Crippen molar-refractivity contribution >= 4 is 33.7 Å². The maximum Gasteiger partial charge on any atom is 0.275 e. The lowest BCUT2D eigenvalue weighted by Gasteiger charge is -2.05. The molecule has 0 saturated heterocycles. The molecule has 0 bridgehead atoms. The van der Waals surface area contributed by atoms with Crippen LogP contribution in [-0.4, -0.2) is 21.4 Å². The van der Waals surface area contributed by atoms with Gasteiger partial charge in [0.15, 0.2) is 0 Å². The number of nitrogens with zero attached hydrogens (tertiary/aromatic N) is 1. The largest absolute Gasteiger partial charge is 0.321 e. The molecule has 25 heavy (non-hydrogen) atoms. The summed E-state index contributed by atoms with van der Waals surface area (Å²) < 4.78 is 11.3. The third-order valence-corrected chi connectivity index (χ3v) is 5.13. The molecule has 0 aliphatic heterocycles. The first kappa shape index (κ1) is 17.5. The maximum atomic E-state index is 12.4. The van der Waals surface area contributed by atoms with Crippen molar-refractivity contribution in [1.29, 1.82) is 0 Å². The summed E-state index contributed by atoms with van der Waals surface area (Å²) in [6.07, 6.45) is 2.38. The van der Waals surface area contributed by atoms with Crippen LogP contribution < -0.4 is 5.32 Å². The topological polar surface area (TPSA) is 59.1 Å². The predicted octanol–water partition coefficient (Wildman–Crippen LogP) is 3.86. The molecule has 1 N–H and O–H groups in total. The Kier molecular flexibility index (Phi) is 5.73. The maximum absolute atomic E-state index is 12.4. The van der Waals surface area contributed by atoms with Gasteiger partial charge in [-0.25, -0.2) is 4.98 Å². The lowest BCUT2D eigenvalue weighted by Crippen LogP contribution is -2.12. The number of carbonyl (C=O) groups excluding carboxylic acids is 1. The fourth-order valence-electron chi connectivity index (χ4n) is 2.44. The van der Waals surface area contributed by atoms with Gasteiger partial charge in [-0.15, -0.1) is 11.3 Å². The lowest BCUT2D eigenvalue weighted by atomic mass is 10.2. The summed E-state index contributed by atoms with van der Waals surface area (Å²) in [6, 6.07) is 17.5. The SMILES string of the molecule is CS(=O)Cc1cccc(NC(=O)c2csc(Cc3ccccc3)n2)c1. The first-order chi connectivity index (χ1) is 12.1. The summed E-state index contributed by atoms with van der Waals surface area (Å²) in [7, 11) is -0.913. The molecular formula is C19H18N2O2S2. The van der Waals surface area contributed by atoms with Gasteiger partial charge >= 0.3 is 0 Å². The Morgan fingerprint density at radius 3 is 2.64 bits per heavy atom. The van der Waals surface area contributed by atoms with E-state index in [1.54, 1.807) is 11.6 Å². The van der Waals surface area contributed by atoms with Gasteiger partial charge in [0, 0.05) is 40.3 Å². The van der Waals surface area contributed by atoms with E-state index in [0.29, 0.717) is 17.1 Å². The third-order valence-electron chi connectivity index (χ3n) is 3.54. The number of rotatable bonds is 6. The van der Waals surface area contributed by atoms with E-state index in [9.17, 15) is 9.00 Å². The van der Waals surface area contributed by atoms with Gasteiger partial charge in [-0.1, -0.05) is 42.5 Å². The Morgan fingerprint density at radius 1 is 1.12 bits per heavy atom. The number of hydrogen-bond donors (Lipinski definition) is 1. The Labute approximate surface area is 153 Å². The van der Waals surface area contributed by atoms with Crippen LogP contribution in [0.15, 0.2) is 60.0 Å². The summed E-state index contributed by atoms with van der Waals surface area (Å²) in [5.41, 5.74) is 3.21. The fraction of sp³-hybridized carbons (Fsp3) is 0.158. The highest BCUT2D eigenvalue weighted by Gasteiger charge is 2.12. The van der Waals surface area contributed by atoms with E-state index in [4.69, 9.17) is 0 Å². The highest BCUT2D eigenvalue weighted by molar-refractivity contribution is 7.83. The zero-order valence-electron chi connectivity index (χ0n) is 13.8. The van der Waals surface area contributed by atoms with E-state index in [1.807, 2.05) is 54.6 Å². The smallest absolute Gasteiger partial charge is 0.275 e. The minimum absolute atomic E-state index is 0.231. The van der Waals surface area contributed by atoms with Crippen LogP contribution in [0.4, 0.5) is 5.69 Å². The van der Waals surface area contributed by atoms with Crippen molar-refractivity contribution < 1.29 is 9.00 Å². The molecule has 1 atom stereocenters. The van der Waals surface area contributed by atoms with E-state index in [2.05, 4.69) is 10.3 Å². The molecule has 0 aliphatic carbocycles. The quantitative estimate of drug-likeness (QED) is 0.717. The standard InChI is InChI=1S/C19H18N2O2S2/c1-25(23)13-15-8-5-9-16(10-15)20-19(22)17-12-24-18(21-17)11-14-6-3-2-4-7-14/h2-10,12H,11,13H2,1H3,(H,20,22). The van der Waals surface area contributed by atoms with E-state index in [1.165, 1.54) is 16.9 Å². The summed E-state index contributed by atoms with van der Waals surface area (Å²) in [4.78, 5) is 16.8. The van der Waals surface area contributed by atoms with Crippen LogP contribution >= 0.6 is 11.3 Å². The summed E-state index contributed by atoms with van der Waals surface area (Å²) in [5.74, 6) is 0.243. The van der Waals surface area contributed by atoms with Crippen molar-refractivity contribution in [3.05, 3.63) is 81.8 Å². The number of thiazole rings is 1. The molecule has 0 radical (unpaired) electrons. The lowest BCUT2D eigenvalue weighted by molar-refractivity contribution is 0.102. The van der Waals surface area contributed by atoms with Crippen molar-refractivity contribution in [2.45, 2.75) is 12.2 Å². The van der Waals surface area contributed by atoms with Crippen molar-refractivity contribution in [3.63, 3.8) is 0 Å². The van der Waals surface area contributed by atoms with Gasteiger partial charge in [-0.05, 0) is 23.3 Å². The van der Waals surface area contributed by atoms with Crippen LogP contribution in [0.1, 0.15) is 26.6 Å². The van der Waals surface area contributed by atoms with Crippen molar-refractivity contribution in [2.24, 2.45) is 0 Å². The van der Waals surface area contributed by atoms with Gasteiger partial charge < -0.3 is 5.32 Å². The Hall–Kier alpha value is -2.31. The van der Waals surface area contributed by atoms with Crippen molar-refractivity contribution in [2.75, 3.05) is 11.6 Å². The second-order valence-electron chi connectivity index (χ2n) is 5.66. The summed E-state index contributed by atoms with van der Waals surface area (Å²) in [5, 5.41) is 5.54. The Bertz CT molecular complexity index is 891. The third kappa shape index (κ3) is 5.08. The Morgan fingerprint density at radius 2 is 1.88 bits per heavy atom. The summed E-state index contributed by atoms with van der Waals surface area (Å²) in [6.45, 7) is 0. The molecule has 4 nitrogen and oxygen atoms in total. The average Bonchev–Trinajstić information content (AvgIpc) is 3.04. The molecule has 1 aromatic heterocycles. The van der Waals surface area contributed by atoms with Crippen LogP contribution in [0.5, 0.6) is 0 Å². The molecule has 128 valence electrons. The number of hydrogen-bond acceptors (Lipinski definition) is 4. The molecule has 0 aliphatic rings. The van der Waals surface area contributed by atoms with Crippen LogP contribution in [-0.2, 0) is 23.0 Å². The van der Waals surface area contributed by atoms with Crippen molar-refractivity contribution in [3.8, 4) is 0 Å². The number of amides is 1. The molecule has 3 rings (SSSR count). The molecule has 1 amide bonds. The molecule has 6 heteroatoms. The van der Waals surface area contributed by atoms with Gasteiger partial charge in [-0.2, -0.15) is 0 Å². The van der Waals surface area contributed by atoms with Gasteiger partial charge in [-0.3, -0.25) is 9.00 Å². The zero-order valence-corrected chi connectivity index (χ0v) is 15.4. The normalized spacial score (nSPS) is 11.9. The highest BCUT2D eigenvalue weighted by Crippen LogP contribution is 2.17. The van der Waals surface area contributed by atoms with Crippen LogP contribution in [0.25, 0.3) is 0 Å². The minimum atomic E-state index is -0.913. The molecule has 1 heterocycles. The molecule has 0 fully saturated rings. The number of nitrogens with one attached hydrogen (secondary N) is 1. The van der Waals surface area contributed by atoms with Gasteiger partial charge in [0.05, 0.1) is 5.01 Å². The monoisotopic (exact) mass is 370 g/mol. The number of aromatic nitrogens is 1. The minimum Gasteiger partial charge on any atom is -0.321 e. The van der Waals surface area contributed by atoms with Crippen LogP contribution in [0.3, 0.4) is 0 Å². The van der Waals surface area contributed by atoms with E-state index in [-0.39, 0.29) is 5.91 Å². The van der Waals surface area contributed by atoms with E-state index >= 15 is 0 Å². The second kappa shape index (κ2) is 8.18. The Balaban J connectivity index is 1.67. The van der Waals surface area contributed by atoms with Gasteiger partial charge in [0.1, 0.15) is 5.69 Å².